The molecule has 0 N–H and O–H groups in total. The van der Waals surface area contributed by atoms with Crippen molar-refractivity contribution in [3.8, 4) is 11.1 Å². The van der Waals surface area contributed by atoms with Gasteiger partial charge in [0.2, 0.25) is 5.95 Å². The zero-order valence-corrected chi connectivity index (χ0v) is 11.7. The van der Waals surface area contributed by atoms with Crippen LogP contribution in [-0.2, 0) is 0 Å². The Morgan fingerprint density at radius 3 is 2.43 bits per heavy atom. The summed E-state index contributed by atoms with van der Waals surface area (Å²) in [5.41, 5.74) is 2.20. The first-order chi connectivity index (χ1) is 11.1. The van der Waals surface area contributed by atoms with Gasteiger partial charge in [-0.3, -0.25) is 9.55 Å². The maximum absolute atomic E-state index is 13.5. The van der Waals surface area contributed by atoms with E-state index in [4.69, 9.17) is 0 Å². The molecule has 0 spiro atoms. The molecule has 4 rings (SSSR count). The van der Waals surface area contributed by atoms with Crippen LogP contribution in [0.3, 0.4) is 0 Å². The number of alkyl halides is 2. The first-order valence-corrected chi connectivity index (χ1v) is 6.93. The zero-order chi connectivity index (χ0) is 16.0. The van der Waals surface area contributed by atoms with Gasteiger partial charge in [0.25, 0.3) is 0 Å². The summed E-state index contributed by atoms with van der Waals surface area (Å²) in [6, 6.07) is 9.62. The summed E-state index contributed by atoms with van der Waals surface area (Å²) in [7, 11) is 0. The Bertz CT molecular complexity index is 1010. The van der Waals surface area contributed by atoms with Gasteiger partial charge in [0, 0.05) is 34.9 Å². The van der Waals surface area contributed by atoms with Crippen LogP contribution in [0.1, 0.15) is 6.55 Å². The Hall–Kier alpha value is -2.89. The van der Waals surface area contributed by atoms with E-state index in [1.165, 1.54) is 18.5 Å². The van der Waals surface area contributed by atoms with E-state index in [1.807, 2.05) is 0 Å². The summed E-state index contributed by atoms with van der Waals surface area (Å²) in [5.74, 6) is -0.581. The van der Waals surface area contributed by atoms with Gasteiger partial charge in [-0.25, -0.2) is 4.98 Å². The van der Waals surface area contributed by atoms with Crippen molar-refractivity contribution < 1.29 is 13.2 Å². The van der Waals surface area contributed by atoms with Gasteiger partial charge in [0.15, 0.2) is 0 Å². The first-order valence-electron chi connectivity index (χ1n) is 6.93. The Morgan fingerprint density at radius 1 is 0.870 bits per heavy atom. The van der Waals surface area contributed by atoms with Gasteiger partial charge >= 0.3 is 6.55 Å². The van der Waals surface area contributed by atoms with E-state index >= 15 is 0 Å². The molecule has 0 unspecified atom stereocenters. The van der Waals surface area contributed by atoms with Gasteiger partial charge in [-0.05, 0) is 29.8 Å². The molecule has 0 saturated carbocycles. The SMILES string of the molecule is Fc1ccc(-c2ccc3c4cnccc4n(C(F)F)c3c2)cn1. The van der Waals surface area contributed by atoms with Gasteiger partial charge in [-0.1, -0.05) is 12.1 Å². The Kier molecular flexibility index (Phi) is 3.04. The molecule has 114 valence electrons. The molecule has 6 heteroatoms. The van der Waals surface area contributed by atoms with Crippen molar-refractivity contribution in [3.63, 3.8) is 0 Å². The highest BCUT2D eigenvalue weighted by Gasteiger charge is 2.17. The minimum atomic E-state index is -2.67. The van der Waals surface area contributed by atoms with Crippen molar-refractivity contribution in [2.75, 3.05) is 0 Å². The fourth-order valence-electron chi connectivity index (χ4n) is 2.83. The predicted molar refractivity (Wildman–Crippen MR) is 81.7 cm³/mol. The minimum absolute atomic E-state index is 0.407. The van der Waals surface area contributed by atoms with Gasteiger partial charge < -0.3 is 0 Å². The summed E-state index contributed by atoms with van der Waals surface area (Å²) in [4.78, 5) is 7.62. The Balaban J connectivity index is 2.03. The van der Waals surface area contributed by atoms with E-state index in [1.54, 1.807) is 36.5 Å². The number of aromatic nitrogens is 3. The van der Waals surface area contributed by atoms with Crippen LogP contribution in [0.4, 0.5) is 13.2 Å². The summed E-state index contributed by atoms with van der Waals surface area (Å²) < 4.78 is 41.0. The Labute approximate surface area is 129 Å². The van der Waals surface area contributed by atoms with Crippen molar-refractivity contribution in [3.05, 3.63) is 60.9 Å². The van der Waals surface area contributed by atoms with Crippen LogP contribution < -0.4 is 0 Å². The van der Waals surface area contributed by atoms with Gasteiger partial charge in [0.1, 0.15) is 0 Å². The van der Waals surface area contributed by atoms with Crippen LogP contribution in [0.5, 0.6) is 0 Å². The third-order valence-electron chi connectivity index (χ3n) is 3.86. The third kappa shape index (κ3) is 2.14. The van der Waals surface area contributed by atoms with Crippen molar-refractivity contribution in [1.29, 1.82) is 0 Å². The summed E-state index contributed by atoms with van der Waals surface area (Å²) in [5, 5.41) is 1.37. The molecule has 3 aromatic heterocycles. The van der Waals surface area contributed by atoms with Crippen LogP contribution in [-0.4, -0.2) is 14.5 Å². The number of nitrogens with zero attached hydrogens (tertiary/aromatic N) is 3. The van der Waals surface area contributed by atoms with Crippen molar-refractivity contribution in [2.45, 2.75) is 6.55 Å². The second kappa shape index (κ2) is 5.08. The lowest BCUT2D eigenvalue weighted by Gasteiger charge is -2.07. The molecule has 0 radical (unpaired) electrons. The van der Waals surface area contributed by atoms with Crippen LogP contribution in [0, 0.1) is 5.95 Å². The fourth-order valence-corrected chi connectivity index (χ4v) is 2.83. The van der Waals surface area contributed by atoms with Crippen LogP contribution in [0.2, 0.25) is 0 Å². The van der Waals surface area contributed by atoms with Gasteiger partial charge in [0.05, 0.1) is 11.0 Å². The highest BCUT2D eigenvalue weighted by Crippen LogP contribution is 2.34. The van der Waals surface area contributed by atoms with E-state index in [9.17, 15) is 13.2 Å². The lowest BCUT2D eigenvalue weighted by Crippen LogP contribution is -1.97. The van der Waals surface area contributed by atoms with Crippen molar-refractivity contribution >= 4 is 21.8 Å². The zero-order valence-electron chi connectivity index (χ0n) is 11.7. The number of pyridine rings is 2. The molecule has 0 amide bonds. The number of halogens is 3. The van der Waals surface area contributed by atoms with E-state index < -0.39 is 12.5 Å². The minimum Gasteiger partial charge on any atom is -0.284 e. The second-order valence-corrected chi connectivity index (χ2v) is 5.14. The first kappa shape index (κ1) is 13.8. The third-order valence-corrected chi connectivity index (χ3v) is 3.86. The fraction of sp³-hybridized carbons (Fsp3) is 0.0588. The number of hydrogen-bond acceptors (Lipinski definition) is 2. The van der Waals surface area contributed by atoms with Gasteiger partial charge in [-0.2, -0.15) is 13.2 Å². The number of hydrogen-bond donors (Lipinski definition) is 0. The molecule has 0 fully saturated rings. The summed E-state index contributed by atoms with van der Waals surface area (Å²) >= 11 is 0. The van der Waals surface area contributed by atoms with Gasteiger partial charge in [-0.15, -0.1) is 0 Å². The molecule has 23 heavy (non-hydrogen) atoms. The molecule has 0 saturated heterocycles. The molecule has 0 atom stereocenters. The largest absolute Gasteiger partial charge is 0.319 e. The molecule has 3 nitrogen and oxygen atoms in total. The molecule has 3 heterocycles. The highest BCUT2D eigenvalue weighted by atomic mass is 19.3. The van der Waals surface area contributed by atoms with Crippen LogP contribution in [0.15, 0.2) is 55.0 Å². The van der Waals surface area contributed by atoms with Crippen LogP contribution in [0.25, 0.3) is 32.9 Å². The molecular formula is C17H10F3N3. The highest BCUT2D eigenvalue weighted by molar-refractivity contribution is 6.08. The van der Waals surface area contributed by atoms with E-state index in [-0.39, 0.29) is 0 Å². The second-order valence-electron chi connectivity index (χ2n) is 5.14. The summed E-state index contributed by atoms with van der Waals surface area (Å²) in [6.07, 6.45) is 4.45. The maximum Gasteiger partial charge on any atom is 0.319 e. The average Bonchev–Trinajstić information content (AvgIpc) is 2.89. The number of benzene rings is 1. The van der Waals surface area contributed by atoms with Crippen molar-refractivity contribution in [1.82, 2.24) is 14.5 Å². The normalized spacial score (nSPS) is 11.7. The lowest BCUT2D eigenvalue weighted by atomic mass is 10.1. The monoisotopic (exact) mass is 313 g/mol. The molecule has 0 aliphatic rings. The predicted octanol–water partition coefficient (Wildman–Crippen LogP) is 4.79. The summed E-state index contributed by atoms with van der Waals surface area (Å²) in [6.45, 7) is -2.67. The molecule has 0 bridgehead atoms. The van der Waals surface area contributed by atoms with E-state index in [0.29, 0.717) is 32.9 Å². The molecule has 4 aromatic rings. The smallest absolute Gasteiger partial charge is 0.284 e. The standard InChI is InChI=1S/C17H10F3N3/c18-16-4-2-11(8-22-16)10-1-3-12-13-9-21-6-5-14(13)23(17(19)20)15(12)7-10/h1-9,17H. The average molecular weight is 313 g/mol. The number of rotatable bonds is 2. The topological polar surface area (TPSA) is 30.7 Å². The van der Waals surface area contributed by atoms with Crippen LogP contribution >= 0.6 is 0 Å². The Morgan fingerprint density at radius 2 is 1.70 bits per heavy atom. The number of fused-ring (bicyclic) bond motifs is 3. The van der Waals surface area contributed by atoms with E-state index in [2.05, 4.69) is 9.97 Å². The lowest BCUT2D eigenvalue weighted by molar-refractivity contribution is 0.0796. The molecule has 0 aliphatic heterocycles. The van der Waals surface area contributed by atoms with Crippen molar-refractivity contribution in [2.24, 2.45) is 0 Å². The molecular weight excluding hydrogens is 303 g/mol. The molecule has 0 aliphatic carbocycles. The maximum atomic E-state index is 13.5. The molecule has 1 aromatic carbocycles. The van der Waals surface area contributed by atoms with E-state index in [0.717, 1.165) is 4.57 Å². The quantitative estimate of drug-likeness (QED) is 0.498.